The van der Waals surface area contributed by atoms with Gasteiger partial charge >= 0.3 is 0 Å². The van der Waals surface area contributed by atoms with Gasteiger partial charge in [0.1, 0.15) is 0 Å². The molecule has 1 atom stereocenters. The monoisotopic (exact) mass is 291 g/mol. The number of thiophene rings is 1. The van der Waals surface area contributed by atoms with Crippen LogP contribution < -0.4 is 5.32 Å². The van der Waals surface area contributed by atoms with Crippen LogP contribution in [0.5, 0.6) is 0 Å². The summed E-state index contributed by atoms with van der Waals surface area (Å²) in [5, 5.41) is 6.21. The third-order valence-corrected chi connectivity index (χ3v) is 6.28. The van der Waals surface area contributed by atoms with Gasteiger partial charge in [0, 0.05) is 10.9 Å². The van der Waals surface area contributed by atoms with Gasteiger partial charge < -0.3 is 5.32 Å². The summed E-state index contributed by atoms with van der Waals surface area (Å²) in [6.07, 6.45) is 14.5. The molecule has 0 bridgehead atoms. The van der Waals surface area contributed by atoms with E-state index in [9.17, 15) is 0 Å². The van der Waals surface area contributed by atoms with Gasteiger partial charge in [0.05, 0.1) is 0 Å². The summed E-state index contributed by atoms with van der Waals surface area (Å²) in [6.45, 7) is 1.25. The molecule has 3 rings (SSSR count). The predicted molar refractivity (Wildman–Crippen MR) is 88.2 cm³/mol. The predicted octanol–water partition coefficient (Wildman–Crippen LogP) is 5.54. The summed E-state index contributed by atoms with van der Waals surface area (Å²) in [6, 6.07) is 5.20. The second-order valence-corrected chi connectivity index (χ2v) is 7.78. The first-order chi connectivity index (χ1) is 9.93. The van der Waals surface area contributed by atoms with Crippen molar-refractivity contribution in [2.75, 3.05) is 6.54 Å². The Bertz CT molecular complexity index is 359. The van der Waals surface area contributed by atoms with Crippen molar-refractivity contribution in [1.29, 1.82) is 0 Å². The van der Waals surface area contributed by atoms with Gasteiger partial charge in [-0.2, -0.15) is 0 Å². The molecule has 0 radical (unpaired) electrons. The highest BCUT2D eigenvalue weighted by molar-refractivity contribution is 7.10. The number of rotatable bonds is 5. The fraction of sp³-hybridized carbons (Fsp3) is 0.778. The minimum atomic E-state index is 0.640. The molecular weight excluding hydrogens is 262 g/mol. The Morgan fingerprint density at radius 1 is 1.00 bits per heavy atom. The highest BCUT2D eigenvalue weighted by Crippen LogP contribution is 2.37. The van der Waals surface area contributed by atoms with E-state index in [2.05, 4.69) is 22.8 Å². The number of nitrogens with one attached hydrogen (secondary N) is 1. The summed E-state index contributed by atoms with van der Waals surface area (Å²) in [5.41, 5.74) is 0. The van der Waals surface area contributed by atoms with Gasteiger partial charge in [-0.05, 0) is 55.5 Å². The van der Waals surface area contributed by atoms with E-state index >= 15 is 0 Å². The van der Waals surface area contributed by atoms with Gasteiger partial charge in [0.2, 0.25) is 0 Å². The van der Waals surface area contributed by atoms with Crippen LogP contribution in [0.4, 0.5) is 0 Å². The standard InChI is InChI=1S/C18H29NS/c1-2-4-9-15(8-3-1)14-19-18(16-10-5-6-11-16)17-12-7-13-20-17/h7,12-13,15-16,18-19H,1-6,8-11,14H2. The molecule has 2 saturated carbocycles. The molecule has 0 saturated heterocycles. The lowest BCUT2D eigenvalue weighted by Gasteiger charge is -2.26. The third-order valence-electron chi connectivity index (χ3n) is 5.32. The van der Waals surface area contributed by atoms with Gasteiger partial charge in [0.15, 0.2) is 0 Å². The summed E-state index contributed by atoms with van der Waals surface area (Å²) >= 11 is 1.95. The molecule has 0 aliphatic heterocycles. The average molecular weight is 292 g/mol. The first kappa shape index (κ1) is 14.6. The van der Waals surface area contributed by atoms with Gasteiger partial charge in [-0.15, -0.1) is 11.3 Å². The maximum absolute atomic E-state index is 3.97. The van der Waals surface area contributed by atoms with Crippen LogP contribution in [0.1, 0.15) is 75.1 Å². The number of hydrogen-bond donors (Lipinski definition) is 1. The first-order valence-corrected chi connectivity index (χ1v) is 9.58. The van der Waals surface area contributed by atoms with Crippen molar-refractivity contribution >= 4 is 11.3 Å². The van der Waals surface area contributed by atoms with Crippen LogP contribution in [-0.4, -0.2) is 6.54 Å². The van der Waals surface area contributed by atoms with E-state index in [0.717, 1.165) is 11.8 Å². The molecule has 2 fully saturated rings. The van der Waals surface area contributed by atoms with Gasteiger partial charge in [0.25, 0.3) is 0 Å². The zero-order valence-electron chi connectivity index (χ0n) is 12.7. The topological polar surface area (TPSA) is 12.0 Å². The second kappa shape index (κ2) is 7.61. The molecule has 0 amide bonds. The van der Waals surface area contributed by atoms with E-state index < -0.39 is 0 Å². The summed E-state index contributed by atoms with van der Waals surface area (Å²) in [7, 11) is 0. The first-order valence-electron chi connectivity index (χ1n) is 8.70. The van der Waals surface area contributed by atoms with E-state index in [1.54, 1.807) is 4.88 Å². The second-order valence-electron chi connectivity index (χ2n) is 6.80. The molecule has 112 valence electrons. The van der Waals surface area contributed by atoms with Crippen LogP contribution in [0, 0.1) is 11.8 Å². The molecule has 1 N–H and O–H groups in total. The molecule has 1 aromatic heterocycles. The molecule has 1 heterocycles. The Morgan fingerprint density at radius 2 is 1.70 bits per heavy atom. The van der Waals surface area contributed by atoms with Crippen molar-refractivity contribution in [3.63, 3.8) is 0 Å². The molecule has 2 aliphatic rings. The SMILES string of the molecule is c1csc(C(NCC2CCCCCC2)C2CCCC2)c1. The molecule has 1 nitrogen and oxygen atoms in total. The maximum atomic E-state index is 3.97. The van der Waals surface area contributed by atoms with E-state index in [4.69, 9.17) is 0 Å². The number of hydrogen-bond acceptors (Lipinski definition) is 2. The summed E-state index contributed by atoms with van der Waals surface area (Å²) in [4.78, 5) is 1.57. The van der Waals surface area contributed by atoms with Crippen molar-refractivity contribution in [2.45, 2.75) is 70.3 Å². The Morgan fingerprint density at radius 3 is 2.35 bits per heavy atom. The molecule has 0 spiro atoms. The summed E-state index contributed by atoms with van der Waals surface area (Å²) < 4.78 is 0. The lowest BCUT2D eigenvalue weighted by atomic mass is 9.94. The fourth-order valence-corrected chi connectivity index (χ4v) is 5.01. The van der Waals surface area contributed by atoms with Crippen LogP contribution in [0.15, 0.2) is 17.5 Å². The van der Waals surface area contributed by atoms with Gasteiger partial charge in [-0.25, -0.2) is 0 Å². The van der Waals surface area contributed by atoms with Crippen LogP contribution in [0.25, 0.3) is 0 Å². The van der Waals surface area contributed by atoms with Crippen molar-refractivity contribution in [3.05, 3.63) is 22.4 Å². The highest BCUT2D eigenvalue weighted by Gasteiger charge is 2.27. The van der Waals surface area contributed by atoms with E-state index in [0.29, 0.717) is 6.04 Å². The van der Waals surface area contributed by atoms with Crippen LogP contribution in [0.3, 0.4) is 0 Å². The zero-order chi connectivity index (χ0) is 13.6. The van der Waals surface area contributed by atoms with Crippen LogP contribution in [-0.2, 0) is 0 Å². The average Bonchev–Trinajstić information content (AvgIpc) is 3.11. The van der Waals surface area contributed by atoms with Gasteiger partial charge in [-0.3, -0.25) is 0 Å². The summed E-state index contributed by atoms with van der Waals surface area (Å²) in [5.74, 6) is 1.82. The minimum absolute atomic E-state index is 0.640. The molecule has 2 heteroatoms. The van der Waals surface area contributed by atoms with Crippen molar-refractivity contribution < 1.29 is 0 Å². The lowest BCUT2D eigenvalue weighted by molar-refractivity contribution is 0.329. The molecule has 1 aromatic rings. The van der Waals surface area contributed by atoms with Crippen molar-refractivity contribution in [2.24, 2.45) is 11.8 Å². The molecule has 1 unspecified atom stereocenters. The normalized spacial score (nSPS) is 23.8. The minimum Gasteiger partial charge on any atom is -0.309 e. The smallest absolute Gasteiger partial charge is 0.0443 e. The Kier molecular flexibility index (Phi) is 5.55. The van der Waals surface area contributed by atoms with E-state index in [-0.39, 0.29) is 0 Å². The van der Waals surface area contributed by atoms with Crippen LogP contribution >= 0.6 is 11.3 Å². The molecule has 0 aromatic carbocycles. The Hall–Kier alpha value is -0.340. The molecular formula is C18H29NS. The third kappa shape index (κ3) is 3.85. The Labute approximate surface area is 128 Å². The zero-order valence-corrected chi connectivity index (χ0v) is 13.5. The van der Waals surface area contributed by atoms with Gasteiger partial charge in [-0.1, -0.05) is 44.6 Å². The fourth-order valence-electron chi connectivity index (χ4n) is 4.12. The quantitative estimate of drug-likeness (QED) is 0.702. The largest absolute Gasteiger partial charge is 0.309 e. The molecule has 20 heavy (non-hydrogen) atoms. The molecule has 2 aliphatic carbocycles. The van der Waals surface area contributed by atoms with Crippen molar-refractivity contribution in [1.82, 2.24) is 5.32 Å². The van der Waals surface area contributed by atoms with Crippen LogP contribution in [0.2, 0.25) is 0 Å². The lowest BCUT2D eigenvalue weighted by Crippen LogP contribution is -2.31. The Balaban J connectivity index is 1.58. The maximum Gasteiger partial charge on any atom is 0.0443 e. The van der Waals surface area contributed by atoms with E-state index in [1.165, 1.54) is 70.8 Å². The van der Waals surface area contributed by atoms with E-state index in [1.807, 2.05) is 11.3 Å². The van der Waals surface area contributed by atoms with Crippen molar-refractivity contribution in [3.8, 4) is 0 Å². The highest BCUT2D eigenvalue weighted by atomic mass is 32.1.